The normalized spacial score (nSPS) is 21.5. The summed E-state index contributed by atoms with van der Waals surface area (Å²) in [4.78, 5) is 6.70. The van der Waals surface area contributed by atoms with Crippen molar-refractivity contribution in [2.75, 3.05) is 11.9 Å². The summed E-state index contributed by atoms with van der Waals surface area (Å²) in [5.74, 6) is 0.833. The van der Waals surface area contributed by atoms with Gasteiger partial charge in [0, 0.05) is 25.7 Å². The molecule has 4 heteroatoms. The summed E-state index contributed by atoms with van der Waals surface area (Å²) >= 11 is 0. The molecule has 17 heavy (non-hydrogen) atoms. The third-order valence-corrected chi connectivity index (χ3v) is 3.91. The lowest BCUT2D eigenvalue weighted by Crippen LogP contribution is -2.30. The molecule has 1 heterocycles. The highest BCUT2D eigenvalue weighted by Crippen LogP contribution is 2.36. The Balaban J connectivity index is 1.57. The smallest absolute Gasteiger partial charge is 0.297 e. The maximum atomic E-state index is 5.55. The van der Waals surface area contributed by atoms with Crippen molar-refractivity contribution in [3.8, 4) is 0 Å². The third kappa shape index (κ3) is 2.63. The van der Waals surface area contributed by atoms with Gasteiger partial charge in [0.15, 0.2) is 0 Å². The van der Waals surface area contributed by atoms with Crippen LogP contribution >= 0.6 is 0 Å². The van der Waals surface area contributed by atoms with Crippen LogP contribution in [0.15, 0.2) is 10.7 Å². The van der Waals surface area contributed by atoms with Gasteiger partial charge in [-0.2, -0.15) is 4.98 Å². The van der Waals surface area contributed by atoms with Gasteiger partial charge in [0.25, 0.3) is 6.01 Å². The van der Waals surface area contributed by atoms with Crippen molar-refractivity contribution < 1.29 is 4.42 Å². The molecular formula is C13H21N3O. The van der Waals surface area contributed by atoms with E-state index >= 15 is 0 Å². The van der Waals surface area contributed by atoms with E-state index in [1.807, 2.05) is 0 Å². The lowest BCUT2D eigenvalue weighted by molar-refractivity contribution is 0.501. The molecule has 0 saturated heterocycles. The summed E-state index contributed by atoms with van der Waals surface area (Å²) in [7, 11) is 2.08. The predicted molar refractivity (Wildman–Crippen MR) is 67.0 cm³/mol. The number of anilines is 1. The van der Waals surface area contributed by atoms with Crippen molar-refractivity contribution in [3.05, 3.63) is 12.0 Å². The first-order chi connectivity index (χ1) is 8.24. The van der Waals surface area contributed by atoms with E-state index in [2.05, 4.69) is 29.2 Å². The van der Waals surface area contributed by atoms with Crippen LogP contribution in [0.25, 0.3) is 0 Å². The van der Waals surface area contributed by atoms with E-state index in [1.54, 1.807) is 6.26 Å². The minimum absolute atomic E-state index is 0.540. The molecule has 2 aliphatic rings. The van der Waals surface area contributed by atoms with Gasteiger partial charge < -0.3 is 14.6 Å². The lowest BCUT2D eigenvalue weighted by Gasteiger charge is -2.22. The Morgan fingerprint density at radius 3 is 2.88 bits per heavy atom. The van der Waals surface area contributed by atoms with Crippen LogP contribution < -0.4 is 10.2 Å². The highest BCUT2D eigenvalue weighted by molar-refractivity contribution is 5.28. The minimum atomic E-state index is 0.540. The zero-order valence-corrected chi connectivity index (χ0v) is 10.6. The van der Waals surface area contributed by atoms with Crippen LogP contribution in [0.5, 0.6) is 0 Å². The molecule has 0 amide bonds. The maximum absolute atomic E-state index is 5.55. The standard InChI is InChI=1S/C13H21N3O/c1-9(10-3-4-10)16(2)13-15-12(8-17-13)7-14-11-5-6-11/h8-11,14H,3-7H2,1-2H3. The average molecular weight is 235 g/mol. The van der Waals surface area contributed by atoms with E-state index in [0.29, 0.717) is 6.04 Å². The van der Waals surface area contributed by atoms with Crippen LogP contribution in [0.3, 0.4) is 0 Å². The molecule has 1 unspecified atom stereocenters. The highest BCUT2D eigenvalue weighted by atomic mass is 16.4. The summed E-state index contributed by atoms with van der Waals surface area (Å²) in [5.41, 5.74) is 1.02. The second-order valence-corrected chi connectivity index (χ2v) is 5.47. The molecule has 2 aliphatic carbocycles. The third-order valence-electron chi connectivity index (χ3n) is 3.91. The maximum Gasteiger partial charge on any atom is 0.297 e. The van der Waals surface area contributed by atoms with Gasteiger partial charge in [-0.15, -0.1) is 0 Å². The molecule has 3 rings (SSSR count). The fraction of sp³-hybridized carbons (Fsp3) is 0.769. The molecule has 2 fully saturated rings. The van der Waals surface area contributed by atoms with E-state index in [1.165, 1.54) is 25.7 Å². The molecule has 94 valence electrons. The molecule has 1 N–H and O–H groups in total. The molecule has 1 aromatic heterocycles. The molecule has 1 atom stereocenters. The number of aromatic nitrogens is 1. The largest absolute Gasteiger partial charge is 0.432 e. The second kappa shape index (κ2) is 4.33. The van der Waals surface area contributed by atoms with Gasteiger partial charge in [0.1, 0.15) is 6.26 Å². The Labute approximate surface area is 102 Å². The SMILES string of the molecule is CC(C1CC1)N(C)c1nc(CNC2CC2)co1. The summed E-state index contributed by atoms with van der Waals surface area (Å²) in [6, 6.07) is 2.02. The van der Waals surface area contributed by atoms with Crippen molar-refractivity contribution >= 4 is 6.01 Å². The highest BCUT2D eigenvalue weighted by Gasteiger charge is 2.32. The molecule has 0 aromatic carbocycles. The summed E-state index contributed by atoms with van der Waals surface area (Å²) in [6.07, 6.45) is 7.10. The summed E-state index contributed by atoms with van der Waals surface area (Å²) < 4.78 is 5.55. The Morgan fingerprint density at radius 1 is 1.47 bits per heavy atom. The van der Waals surface area contributed by atoms with E-state index in [4.69, 9.17) is 4.42 Å². The van der Waals surface area contributed by atoms with Gasteiger partial charge in [0.2, 0.25) is 0 Å². The van der Waals surface area contributed by atoms with Crippen molar-refractivity contribution in [1.29, 1.82) is 0 Å². The summed E-state index contributed by atoms with van der Waals surface area (Å²) in [5, 5.41) is 3.45. The Kier molecular flexibility index (Phi) is 2.82. The van der Waals surface area contributed by atoms with Crippen molar-refractivity contribution in [1.82, 2.24) is 10.3 Å². The lowest BCUT2D eigenvalue weighted by atomic mass is 10.2. The average Bonchev–Trinajstić information content (AvgIpc) is 3.24. The van der Waals surface area contributed by atoms with Crippen LogP contribution in [-0.2, 0) is 6.54 Å². The van der Waals surface area contributed by atoms with E-state index in [0.717, 1.165) is 30.2 Å². The molecule has 0 aliphatic heterocycles. The van der Waals surface area contributed by atoms with E-state index in [9.17, 15) is 0 Å². The Bertz CT molecular complexity index is 382. The second-order valence-electron chi connectivity index (χ2n) is 5.47. The number of nitrogens with one attached hydrogen (secondary N) is 1. The number of hydrogen-bond donors (Lipinski definition) is 1. The van der Waals surface area contributed by atoms with Crippen LogP contribution in [0.1, 0.15) is 38.3 Å². The van der Waals surface area contributed by atoms with Crippen LogP contribution in [0, 0.1) is 5.92 Å². The van der Waals surface area contributed by atoms with Gasteiger partial charge >= 0.3 is 0 Å². The molecular weight excluding hydrogens is 214 g/mol. The van der Waals surface area contributed by atoms with Gasteiger partial charge in [-0.3, -0.25) is 0 Å². The number of oxazole rings is 1. The molecule has 1 aromatic rings. The first-order valence-electron chi connectivity index (χ1n) is 6.64. The number of rotatable bonds is 6. The van der Waals surface area contributed by atoms with Gasteiger partial charge in [-0.25, -0.2) is 0 Å². The van der Waals surface area contributed by atoms with Gasteiger partial charge in [0.05, 0.1) is 5.69 Å². The number of nitrogens with zero attached hydrogens (tertiary/aromatic N) is 2. The predicted octanol–water partition coefficient (Wildman–Crippen LogP) is 2.16. The summed E-state index contributed by atoms with van der Waals surface area (Å²) in [6.45, 7) is 3.09. The zero-order valence-electron chi connectivity index (χ0n) is 10.6. The molecule has 0 radical (unpaired) electrons. The molecule has 2 saturated carbocycles. The molecule has 0 spiro atoms. The van der Waals surface area contributed by atoms with Crippen LogP contribution in [-0.4, -0.2) is 24.1 Å². The Morgan fingerprint density at radius 2 is 2.24 bits per heavy atom. The van der Waals surface area contributed by atoms with Crippen LogP contribution in [0.2, 0.25) is 0 Å². The van der Waals surface area contributed by atoms with Crippen molar-refractivity contribution in [2.24, 2.45) is 5.92 Å². The topological polar surface area (TPSA) is 41.3 Å². The van der Waals surface area contributed by atoms with E-state index < -0.39 is 0 Å². The zero-order chi connectivity index (χ0) is 11.8. The minimum Gasteiger partial charge on any atom is -0.432 e. The molecule has 0 bridgehead atoms. The number of hydrogen-bond acceptors (Lipinski definition) is 4. The monoisotopic (exact) mass is 235 g/mol. The van der Waals surface area contributed by atoms with Crippen molar-refractivity contribution in [3.63, 3.8) is 0 Å². The van der Waals surface area contributed by atoms with Crippen LogP contribution in [0.4, 0.5) is 6.01 Å². The first-order valence-corrected chi connectivity index (χ1v) is 6.64. The fourth-order valence-electron chi connectivity index (χ4n) is 2.14. The fourth-order valence-corrected chi connectivity index (χ4v) is 2.14. The quantitative estimate of drug-likeness (QED) is 0.820. The molecule has 4 nitrogen and oxygen atoms in total. The van der Waals surface area contributed by atoms with Gasteiger partial charge in [-0.05, 0) is 38.5 Å². The Hall–Kier alpha value is -1.03. The van der Waals surface area contributed by atoms with Crippen molar-refractivity contribution in [2.45, 2.75) is 51.2 Å². The first kappa shape index (κ1) is 11.1. The van der Waals surface area contributed by atoms with Gasteiger partial charge in [-0.1, -0.05) is 0 Å². The van der Waals surface area contributed by atoms with E-state index in [-0.39, 0.29) is 0 Å².